The van der Waals surface area contributed by atoms with Gasteiger partial charge in [-0.05, 0) is 29.5 Å². The van der Waals surface area contributed by atoms with Gasteiger partial charge in [0.05, 0.1) is 13.7 Å². The zero-order chi connectivity index (χ0) is 15.4. The van der Waals surface area contributed by atoms with Gasteiger partial charge in [-0.1, -0.05) is 18.2 Å². The van der Waals surface area contributed by atoms with Crippen LogP contribution in [0.15, 0.2) is 35.7 Å². The molecule has 0 fully saturated rings. The molecular formula is C17H20N2O2S. The van der Waals surface area contributed by atoms with Crippen molar-refractivity contribution in [1.29, 1.82) is 0 Å². The van der Waals surface area contributed by atoms with Gasteiger partial charge in [-0.3, -0.25) is 9.69 Å². The van der Waals surface area contributed by atoms with Crippen molar-refractivity contribution in [3.63, 3.8) is 0 Å². The number of ether oxygens (including phenoxy) is 1. The molecule has 0 spiro atoms. The smallest absolute Gasteiger partial charge is 0.234 e. The Hall–Kier alpha value is -1.85. The highest BCUT2D eigenvalue weighted by atomic mass is 32.1. The fourth-order valence-electron chi connectivity index (χ4n) is 2.74. The van der Waals surface area contributed by atoms with E-state index in [1.165, 1.54) is 10.4 Å². The minimum absolute atomic E-state index is 0.0598. The minimum atomic E-state index is 0.0598. The van der Waals surface area contributed by atoms with E-state index in [0.717, 1.165) is 30.8 Å². The molecule has 2 aromatic rings. The Morgan fingerprint density at radius 1 is 1.36 bits per heavy atom. The molecular weight excluding hydrogens is 296 g/mol. The van der Waals surface area contributed by atoms with Crippen molar-refractivity contribution in [3.05, 3.63) is 51.7 Å². The lowest BCUT2D eigenvalue weighted by Gasteiger charge is -2.26. The molecule has 116 valence electrons. The lowest BCUT2D eigenvalue weighted by Crippen LogP contribution is -2.39. The zero-order valence-electron chi connectivity index (χ0n) is 12.7. The third-order valence-corrected chi connectivity index (χ3v) is 4.95. The maximum atomic E-state index is 12.1. The minimum Gasteiger partial charge on any atom is -0.496 e. The maximum absolute atomic E-state index is 12.1. The molecule has 1 aromatic heterocycles. The van der Waals surface area contributed by atoms with Gasteiger partial charge < -0.3 is 10.1 Å². The zero-order valence-corrected chi connectivity index (χ0v) is 13.5. The van der Waals surface area contributed by atoms with Gasteiger partial charge in [-0.15, -0.1) is 11.3 Å². The third kappa shape index (κ3) is 3.48. The number of methoxy groups -OCH3 is 1. The Labute approximate surface area is 134 Å². The van der Waals surface area contributed by atoms with E-state index in [1.807, 2.05) is 35.6 Å². The number of para-hydroxylation sites is 1. The summed E-state index contributed by atoms with van der Waals surface area (Å²) in [5, 5.41) is 5.12. The molecule has 4 nitrogen and oxygen atoms in total. The Morgan fingerprint density at radius 2 is 2.23 bits per heavy atom. The fraction of sp³-hybridized carbons (Fsp3) is 0.353. The molecule has 0 bridgehead atoms. The van der Waals surface area contributed by atoms with Crippen molar-refractivity contribution in [3.8, 4) is 5.75 Å². The Kier molecular flexibility index (Phi) is 4.75. The van der Waals surface area contributed by atoms with Crippen molar-refractivity contribution in [2.45, 2.75) is 19.5 Å². The molecule has 0 radical (unpaired) electrons. The van der Waals surface area contributed by atoms with E-state index in [9.17, 15) is 4.79 Å². The number of nitrogens with one attached hydrogen (secondary N) is 1. The first-order valence-electron chi connectivity index (χ1n) is 7.42. The topological polar surface area (TPSA) is 41.6 Å². The standard InChI is InChI=1S/C17H20N2O2S/c1-21-15-5-3-2-4-13(15)10-18-17(20)12-19-8-6-16-14(11-19)7-9-22-16/h2-5,7,9H,6,8,10-12H2,1H3,(H,18,20). The van der Waals surface area contributed by atoms with Crippen LogP contribution >= 0.6 is 11.3 Å². The second kappa shape index (κ2) is 6.94. The largest absolute Gasteiger partial charge is 0.496 e. The number of fused-ring (bicyclic) bond motifs is 1. The monoisotopic (exact) mass is 316 g/mol. The molecule has 1 N–H and O–H groups in total. The molecule has 5 heteroatoms. The number of thiophene rings is 1. The summed E-state index contributed by atoms with van der Waals surface area (Å²) >= 11 is 1.82. The van der Waals surface area contributed by atoms with Crippen LogP contribution in [0.4, 0.5) is 0 Å². The van der Waals surface area contributed by atoms with Gasteiger partial charge in [-0.2, -0.15) is 0 Å². The Balaban J connectivity index is 1.51. The first-order chi connectivity index (χ1) is 10.8. The fourth-order valence-corrected chi connectivity index (χ4v) is 3.63. The summed E-state index contributed by atoms with van der Waals surface area (Å²) in [5.74, 6) is 0.869. The summed E-state index contributed by atoms with van der Waals surface area (Å²) in [6.45, 7) is 2.78. The highest BCUT2D eigenvalue weighted by Crippen LogP contribution is 2.23. The van der Waals surface area contributed by atoms with Crippen LogP contribution in [0, 0.1) is 0 Å². The SMILES string of the molecule is COc1ccccc1CNC(=O)CN1CCc2sccc2C1. The second-order valence-corrected chi connectivity index (χ2v) is 6.42. The summed E-state index contributed by atoms with van der Waals surface area (Å²) < 4.78 is 5.30. The first kappa shape index (κ1) is 15.1. The first-order valence-corrected chi connectivity index (χ1v) is 8.30. The summed E-state index contributed by atoms with van der Waals surface area (Å²) in [6.07, 6.45) is 1.05. The van der Waals surface area contributed by atoms with Crippen molar-refractivity contribution in [2.24, 2.45) is 0 Å². The van der Waals surface area contributed by atoms with Crippen molar-refractivity contribution in [2.75, 3.05) is 20.2 Å². The van der Waals surface area contributed by atoms with Crippen molar-refractivity contribution >= 4 is 17.2 Å². The van der Waals surface area contributed by atoms with Crippen LogP contribution in [0.25, 0.3) is 0 Å². The van der Waals surface area contributed by atoms with Gasteiger partial charge in [0.15, 0.2) is 0 Å². The van der Waals surface area contributed by atoms with Gasteiger partial charge >= 0.3 is 0 Å². The highest BCUT2D eigenvalue weighted by molar-refractivity contribution is 7.10. The van der Waals surface area contributed by atoms with Crippen LogP contribution in [0.1, 0.15) is 16.0 Å². The number of amides is 1. The van der Waals surface area contributed by atoms with Crippen LogP contribution in [0.5, 0.6) is 5.75 Å². The van der Waals surface area contributed by atoms with Crippen LogP contribution in [0.2, 0.25) is 0 Å². The average molecular weight is 316 g/mol. The number of nitrogens with zero attached hydrogens (tertiary/aromatic N) is 1. The number of rotatable bonds is 5. The van der Waals surface area contributed by atoms with E-state index in [-0.39, 0.29) is 5.91 Å². The number of benzene rings is 1. The number of hydrogen-bond acceptors (Lipinski definition) is 4. The third-order valence-electron chi connectivity index (χ3n) is 3.92. The van der Waals surface area contributed by atoms with E-state index in [1.54, 1.807) is 7.11 Å². The quantitative estimate of drug-likeness (QED) is 0.921. The van der Waals surface area contributed by atoms with Crippen LogP contribution in [0.3, 0.4) is 0 Å². The van der Waals surface area contributed by atoms with Crippen molar-refractivity contribution < 1.29 is 9.53 Å². The molecule has 0 unspecified atom stereocenters. The van der Waals surface area contributed by atoms with Crippen LogP contribution in [-0.4, -0.2) is 31.0 Å². The van der Waals surface area contributed by atoms with E-state index < -0.39 is 0 Å². The number of carbonyl (C=O) groups is 1. The lowest BCUT2D eigenvalue weighted by molar-refractivity contribution is -0.122. The molecule has 1 aromatic carbocycles. The van der Waals surface area contributed by atoms with Crippen molar-refractivity contribution in [1.82, 2.24) is 10.2 Å². The van der Waals surface area contributed by atoms with Gasteiger partial charge in [0.2, 0.25) is 5.91 Å². The molecule has 0 saturated heterocycles. The molecule has 2 heterocycles. The number of carbonyl (C=O) groups excluding carboxylic acids is 1. The van der Waals surface area contributed by atoms with Gasteiger partial charge in [0.25, 0.3) is 0 Å². The number of hydrogen-bond donors (Lipinski definition) is 1. The molecule has 1 aliphatic heterocycles. The molecule has 3 rings (SSSR count). The van der Waals surface area contributed by atoms with Crippen LogP contribution in [-0.2, 0) is 24.3 Å². The predicted octanol–water partition coefficient (Wildman–Crippen LogP) is 2.43. The lowest BCUT2D eigenvalue weighted by atomic mass is 10.1. The summed E-state index contributed by atoms with van der Waals surface area (Å²) in [7, 11) is 1.65. The molecule has 0 saturated carbocycles. The molecule has 22 heavy (non-hydrogen) atoms. The summed E-state index contributed by atoms with van der Waals surface area (Å²) in [6, 6.07) is 9.92. The van der Waals surface area contributed by atoms with Gasteiger partial charge in [0, 0.05) is 30.1 Å². The normalized spacial score (nSPS) is 14.4. The molecule has 0 aliphatic carbocycles. The van der Waals surface area contributed by atoms with Gasteiger partial charge in [0.1, 0.15) is 5.75 Å². The van der Waals surface area contributed by atoms with E-state index in [2.05, 4.69) is 21.7 Å². The summed E-state index contributed by atoms with van der Waals surface area (Å²) in [5.41, 5.74) is 2.37. The maximum Gasteiger partial charge on any atom is 0.234 e. The highest BCUT2D eigenvalue weighted by Gasteiger charge is 2.19. The second-order valence-electron chi connectivity index (χ2n) is 5.42. The van der Waals surface area contributed by atoms with Gasteiger partial charge in [-0.25, -0.2) is 0 Å². The van der Waals surface area contributed by atoms with E-state index >= 15 is 0 Å². The van der Waals surface area contributed by atoms with E-state index in [4.69, 9.17) is 4.74 Å². The molecule has 1 aliphatic rings. The molecule has 1 amide bonds. The van der Waals surface area contributed by atoms with E-state index in [0.29, 0.717) is 13.1 Å². The summed E-state index contributed by atoms with van der Waals surface area (Å²) in [4.78, 5) is 15.8. The molecule has 0 atom stereocenters. The Bertz CT molecular complexity index is 654. The average Bonchev–Trinajstić information content (AvgIpc) is 3.01. The predicted molar refractivity (Wildman–Crippen MR) is 88.1 cm³/mol. The Morgan fingerprint density at radius 3 is 3.09 bits per heavy atom. The van der Waals surface area contributed by atoms with Crippen LogP contribution < -0.4 is 10.1 Å².